The molecule has 0 aromatic heterocycles. The zero-order chi connectivity index (χ0) is 10.7. The molecule has 1 rings (SSSR count). The first kappa shape index (κ1) is 11.6. The van der Waals surface area contributed by atoms with Crippen LogP contribution in [0.1, 0.15) is 26.3 Å². The molecule has 0 unspecified atom stereocenters. The van der Waals surface area contributed by atoms with E-state index in [1.165, 1.54) is 5.57 Å². The van der Waals surface area contributed by atoms with Gasteiger partial charge in [0, 0.05) is 10.0 Å². The van der Waals surface area contributed by atoms with Gasteiger partial charge < -0.3 is 0 Å². The lowest BCUT2D eigenvalue weighted by molar-refractivity contribution is 0.833. The molecule has 0 amide bonds. The van der Waals surface area contributed by atoms with Crippen molar-refractivity contribution in [3.05, 3.63) is 39.9 Å². The molecule has 0 heterocycles. The van der Waals surface area contributed by atoms with Gasteiger partial charge in [0.1, 0.15) is 0 Å². The summed E-state index contributed by atoms with van der Waals surface area (Å²) in [4.78, 5) is 0. The lowest BCUT2D eigenvalue weighted by Crippen LogP contribution is -1.86. The largest absolute Gasteiger partial charge is 0.0843 e. The number of hydrogen-bond donors (Lipinski definition) is 0. The van der Waals surface area contributed by atoms with E-state index in [4.69, 9.17) is 23.2 Å². The first-order chi connectivity index (χ1) is 6.50. The summed E-state index contributed by atoms with van der Waals surface area (Å²) in [5.74, 6) is 0.529. The first-order valence-corrected chi connectivity index (χ1v) is 5.40. The molecule has 0 fully saturated rings. The van der Waals surface area contributed by atoms with Crippen LogP contribution in [0.5, 0.6) is 0 Å². The van der Waals surface area contributed by atoms with E-state index in [0.717, 1.165) is 5.56 Å². The number of benzene rings is 1. The van der Waals surface area contributed by atoms with Gasteiger partial charge in [-0.1, -0.05) is 49.2 Å². The predicted molar refractivity (Wildman–Crippen MR) is 65.0 cm³/mol. The highest BCUT2D eigenvalue weighted by atomic mass is 35.5. The molecule has 0 aliphatic rings. The third kappa shape index (κ3) is 3.04. The van der Waals surface area contributed by atoms with Crippen molar-refractivity contribution < 1.29 is 0 Å². The Morgan fingerprint density at radius 3 is 2.43 bits per heavy atom. The highest BCUT2D eigenvalue weighted by Gasteiger charge is 2.03. The first-order valence-electron chi connectivity index (χ1n) is 4.64. The minimum atomic E-state index is 0.529. The summed E-state index contributed by atoms with van der Waals surface area (Å²) in [6.07, 6.45) is 2.19. The summed E-state index contributed by atoms with van der Waals surface area (Å²) in [6.45, 7) is 6.36. The topological polar surface area (TPSA) is 0 Å². The summed E-state index contributed by atoms with van der Waals surface area (Å²) >= 11 is 11.9. The minimum Gasteiger partial charge on any atom is -0.0843 e. The Morgan fingerprint density at radius 1 is 1.29 bits per heavy atom. The molecule has 76 valence electrons. The summed E-state index contributed by atoms with van der Waals surface area (Å²) in [6, 6.07) is 5.59. The summed E-state index contributed by atoms with van der Waals surface area (Å²) < 4.78 is 0. The zero-order valence-corrected chi connectivity index (χ0v) is 10.2. The lowest BCUT2D eigenvalue weighted by atomic mass is 10.0. The second-order valence-corrected chi connectivity index (χ2v) is 4.56. The Balaban J connectivity index is 3.07. The highest BCUT2D eigenvalue weighted by molar-refractivity contribution is 6.35. The van der Waals surface area contributed by atoms with Crippen LogP contribution in [0.3, 0.4) is 0 Å². The number of rotatable bonds is 2. The van der Waals surface area contributed by atoms with E-state index in [9.17, 15) is 0 Å². The van der Waals surface area contributed by atoms with Crippen molar-refractivity contribution in [3.8, 4) is 0 Å². The van der Waals surface area contributed by atoms with Crippen LogP contribution in [0.25, 0.3) is 5.57 Å². The van der Waals surface area contributed by atoms with Crippen molar-refractivity contribution in [1.82, 2.24) is 0 Å². The van der Waals surface area contributed by atoms with Gasteiger partial charge in [-0.3, -0.25) is 0 Å². The predicted octanol–water partition coefficient (Wildman–Crippen LogP) is 5.05. The number of allylic oxidation sites excluding steroid dienone is 2. The fraction of sp³-hybridized carbons (Fsp3) is 0.333. The molecule has 0 nitrogen and oxygen atoms in total. The molecule has 1 aromatic carbocycles. The van der Waals surface area contributed by atoms with E-state index in [1.54, 1.807) is 6.07 Å². The molecule has 0 radical (unpaired) electrons. The third-order valence-electron chi connectivity index (χ3n) is 1.94. The average Bonchev–Trinajstić information content (AvgIpc) is 2.01. The molecular formula is C12H14Cl2. The van der Waals surface area contributed by atoms with E-state index in [0.29, 0.717) is 16.0 Å². The number of halogens is 2. The van der Waals surface area contributed by atoms with E-state index < -0.39 is 0 Å². The van der Waals surface area contributed by atoms with Crippen molar-refractivity contribution in [2.45, 2.75) is 20.8 Å². The SMILES string of the molecule is C/C(=C\C(C)C)c1ccc(Cl)cc1Cl. The molecule has 0 spiro atoms. The molecule has 0 aliphatic heterocycles. The molecule has 2 heteroatoms. The Labute approximate surface area is 95.5 Å². The lowest BCUT2D eigenvalue weighted by Gasteiger charge is -2.06. The monoisotopic (exact) mass is 228 g/mol. The van der Waals surface area contributed by atoms with Crippen molar-refractivity contribution in [2.24, 2.45) is 5.92 Å². The molecule has 0 atom stereocenters. The minimum absolute atomic E-state index is 0.529. The van der Waals surface area contributed by atoms with Gasteiger partial charge in [0.15, 0.2) is 0 Å². The molecule has 0 saturated carbocycles. The number of hydrogen-bond acceptors (Lipinski definition) is 0. The maximum absolute atomic E-state index is 6.08. The standard InChI is InChI=1S/C12H14Cl2/c1-8(2)6-9(3)11-5-4-10(13)7-12(11)14/h4-8H,1-3H3/b9-6+. The highest BCUT2D eigenvalue weighted by Crippen LogP contribution is 2.27. The van der Waals surface area contributed by atoms with Gasteiger partial charge in [-0.05, 0) is 36.1 Å². The van der Waals surface area contributed by atoms with E-state index in [-0.39, 0.29) is 0 Å². The van der Waals surface area contributed by atoms with Crippen LogP contribution in [-0.2, 0) is 0 Å². The average molecular weight is 229 g/mol. The third-order valence-corrected chi connectivity index (χ3v) is 2.49. The van der Waals surface area contributed by atoms with Crippen molar-refractivity contribution in [3.63, 3.8) is 0 Å². The molecule has 14 heavy (non-hydrogen) atoms. The molecule has 0 N–H and O–H groups in total. The van der Waals surface area contributed by atoms with Gasteiger partial charge in [0.05, 0.1) is 0 Å². The van der Waals surface area contributed by atoms with Gasteiger partial charge in [-0.25, -0.2) is 0 Å². The van der Waals surface area contributed by atoms with Crippen LogP contribution in [0.15, 0.2) is 24.3 Å². The Bertz CT molecular complexity index is 351. The fourth-order valence-electron chi connectivity index (χ4n) is 1.40. The van der Waals surface area contributed by atoms with E-state index in [1.807, 2.05) is 12.1 Å². The summed E-state index contributed by atoms with van der Waals surface area (Å²) in [5, 5.41) is 1.39. The maximum Gasteiger partial charge on any atom is 0.0495 e. The summed E-state index contributed by atoms with van der Waals surface area (Å²) in [7, 11) is 0. The Hall–Kier alpha value is -0.460. The van der Waals surface area contributed by atoms with Crippen molar-refractivity contribution in [1.29, 1.82) is 0 Å². The van der Waals surface area contributed by atoms with Crippen LogP contribution in [0, 0.1) is 5.92 Å². The smallest absolute Gasteiger partial charge is 0.0495 e. The molecule has 1 aromatic rings. The van der Waals surface area contributed by atoms with Crippen LogP contribution >= 0.6 is 23.2 Å². The normalized spacial score (nSPS) is 12.3. The maximum atomic E-state index is 6.08. The van der Waals surface area contributed by atoms with Crippen LogP contribution in [0.4, 0.5) is 0 Å². The van der Waals surface area contributed by atoms with Crippen LogP contribution < -0.4 is 0 Å². The van der Waals surface area contributed by atoms with Gasteiger partial charge in [-0.15, -0.1) is 0 Å². The second kappa shape index (κ2) is 4.86. The summed E-state index contributed by atoms with van der Waals surface area (Å²) in [5.41, 5.74) is 2.26. The van der Waals surface area contributed by atoms with Gasteiger partial charge in [0.25, 0.3) is 0 Å². The van der Waals surface area contributed by atoms with E-state index >= 15 is 0 Å². The molecule has 0 saturated heterocycles. The van der Waals surface area contributed by atoms with Crippen LogP contribution in [0.2, 0.25) is 10.0 Å². The second-order valence-electron chi connectivity index (χ2n) is 3.72. The quantitative estimate of drug-likeness (QED) is 0.665. The van der Waals surface area contributed by atoms with E-state index in [2.05, 4.69) is 26.8 Å². The van der Waals surface area contributed by atoms with Gasteiger partial charge in [0.2, 0.25) is 0 Å². The molecular weight excluding hydrogens is 215 g/mol. The fourth-order valence-corrected chi connectivity index (χ4v) is 1.96. The zero-order valence-electron chi connectivity index (χ0n) is 8.64. The van der Waals surface area contributed by atoms with Crippen molar-refractivity contribution >= 4 is 28.8 Å². The molecule has 0 aliphatic carbocycles. The van der Waals surface area contributed by atoms with Gasteiger partial charge in [-0.2, -0.15) is 0 Å². The van der Waals surface area contributed by atoms with Gasteiger partial charge >= 0.3 is 0 Å². The Kier molecular flexibility index (Phi) is 4.03. The Morgan fingerprint density at radius 2 is 1.93 bits per heavy atom. The van der Waals surface area contributed by atoms with Crippen molar-refractivity contribution in [2.75, 3.05) is 0 Å². The van der Waals surface area contributed by atoms with Crippen LogP contribution in [-0.4, -0.2) is 0 Å². The molecule has 0 bridgehead atoms.